The van der Waals surface area contributed by atoms with E-state index >= 15 is 0 Å². The number of nitrogens with one attached hydrogen (secondary N) is 2. The molecular formula is C10H9BrF2N6. The number of aromatic nitrogens is 2. The van der Waals surface area contributed by atoms with Gasteiger partial charge in [0.2, 0.25) is 5.95 Å². The van der Waals surface area contributed by atoms with Crippen LogP contribution in [0.25, 0.3) is 0 Å². The molecule has 1 heterocycles. The van der Waals surface area contributed by atoms with Crippen LogP contribution in [-0.4, -0.2) is 9.97 Å². The number of nitrogen functional groups attached to an aromatic ring is 2. The number of benzene rings is 1. The van der Waals surface area contributed by atoms with Gasteiger partial charge in [-0.25, -0.2) is 14.6 Å². The molecule has 0 amide bonds. The summed E-state index contributed by atoms with van der Waals surface area (Å²) in [5.74, 6) is 3.88. The first kappa shape index (κ1) is 13.4. The third-order valence-corrected chi connectivity index (χ3v) is 2.61. The molecule has 0 spiro atoms. The van der Waals surface area contributed by atoms with Gasteiger partial charge in [-0.05, 0) is 12.1 Å². The van der Waals surface area contributed by atoms with Crippen LogP contribution in [0.15, 0.2) is 22.7 Å². The van der Waals surface area contributed by atoms with E-state index in [0.29, 0.717) is 4.47 Å². The predicted octanol–water partition coefficient (Wildman–Crippen LogP) is 2.13. The topological polar surface area (TPSA) is 102 Å². The lowest BCUT2D eigenvalue weighted by Gasteiger charge is -2.10. The number of nitrogens with zero attached hydrogens (tertiary/aromatic N) is 2. The molecule has 100 valence electrons. The van der Waals surface area contributed by atoms with Gasteiger partial charge in [-0.3, -0.25) is 0 Å². The molecule has 0 fully saturated rings. The quantitative estimate of drug-likeness (QED) is 0.508. The smallest absolute Gasteiger partial charge is 0.223 e. The summed E-state index contributed by atoms with van der Waals surface area (Å²) >= 11 is 2.99. The Labute approximate surface area is 115 Å². The molecule has 9 heteroatoms. The number of hydrogen-bond donors (Lipinski definition) is 4. The van der Waals surface area contributed by atoms with Crippen LogP contribution in [0.1, 0.15) is 0 Å². The third kappa shape index (κ3) is 3.06. The first-order valence-electron chi connectivity index (χ1n) is 5.02. The van der Waals surface area contributed by atoms with Crippen molar-refractivity contribution in [3.63, 3.8) is 0 Å². The summed E-state index contributed by atoms with van der Waals surface area (Å²) in [4.78, 5) is 7.55. The molecule has 0 aliphatic carbocycles. The van der Waals surface area contributed by atoms with E-state index in [1.807, 2.05) is 0 Å². The van der Waals surface area contributed by atoms with E-state index in [1.54, 1.807) is 0 Å². The highest BCUT2D eigenvalue weighted by atomic mass is 79.9. The van der Waals surface area contributed by atoms with Crippen molar-refractivity contribution < 1.29 is 8.78 Å². The van der Waals surface area contributed by atoms with Gasteiger partial charge in [0.25, 0.3) is 0 Å². The summed E-state index contributed by atoms with van der Waals surface area (Å²) in [6, 6.07) is 3.60. The Morgan fingerprint density at radius 1 is 1.05 bits per heavy atom. The summed E-state index contributed by atoms with van der Waals surface area (Å²) in [5.41, 5.74) is 7.36. The maximum absolute atomic E-state index is 13.6. The van der Waals surface area contributed by atoms with Gasteiger partial charge in [-0.2, -0.15) is 9.97 Å². The van der Waals surface area contributed by atoms with Crippen LogP contribution < -0.4 is 22.3 Å². The fourth-order valence-corrected chi connectivity index (χ4v) is 1.80. The molecular weight excluding hydrogens is 322 g/mol. The predicted molar refractivity (Wildman–Crippen MR) is 71.6 cm³/mol. The molecule has 1 aromatic carbocycles. The van der Waals surface area contributed by atoms with E-state index in [4.69, 9.17) is 11.6 Å². The maximum Gasteiger partial charge on any atom is 0.223 e. The van der Waals surface area contributed by atoms with Crippen molar-refractivity contribution in [1.82, 2.24) is 9.97 Å². The molecule has 19 heavy (non-hydrogen) atoms. The van der Waals surface area contributed by atoms with Crippen molar-refractivity contribution in [3.8, 4) is 0 Å². The molecule has 0 bridgehead atoms. The van der Waals surface area contributed by atoms with Crippen molar-refractivity contribution in [1.29, 1.82) is 0 Å². The zero-order chi connectivity index (χ0) is 14.0. The first-order valence-corrected chi connectivity index (χ1v) is 5.81. The van der Waals surface area contributed by atoms with Crippen LogP contribution >= 0.6 is 15.9 Å². The molecule has 1 aromatic heterocycles. The molecule has 0 aliphatic rings. The highest BCUT2D eigenvalue weighted by Gasteiger charge is 2.12. The van der Waals surface area contributed by atoms with Crippen LogP contribution in [0.2, 0.25) is 0 Å². The number of halogens is 3. The van der Waals surface area contributed by atoms with Crippen LogP contribution in [0, 0.1) is 11.6 Å². The Morgan fingerprint density at radius 3 is 2.21 bits per heavy atom. The van der Waals surface area contributed by atoms with Crippen molar-refractivity contribution in [3.05, 3.63) is 34.3 Å². The summed E-state index contributed by atoms with van der Waals surface area (Å²) in [6.45, 7) is 0. The Bertz CT molecular complexity index is 598. The number of hydrazine groups is 1. The lowest BCUT2D eigenvalue weighted by molar-refractivity contribution is 0.589. The van der Waals surface area contributed by atoms with Crippen molar-refractivity contribution in [2.45, 2.75) is 0 Å². The molecule has 0 atom stereocenters. The second kappa shape index (κ2) is 5.33. The van der Waals surface area contributed by atoms with Crippen molar-refractivity contribution in [2.75, 3.05) is 16.5 Å². The second-order valence-electron chi connectivity index (χ2n) is 3.51. The Hall–Kier alpha value is -2.00. The van der Waals surface area contributed by atoms with E-state index < -0.39 is 11.6 Å². The van der Waals surface area contributed by atoms with Crippen LogP contribution in [-0.2, 0) is 0 Å². The largest absolute Gasteiger partial charge is 0.368 e. The fourth-order valence-electron chi connectivity index (χ4n) is 1.39. The maximum atomic E-state index is 13.6. The molecule has 0 aliphatic heterocycles. The van der Waals surface area contributed by atoms with Gasteiger partial charge >= 0.3 is 0 Å². The standard InChI is InChI=1S/C10H9BrF2N6/c11-4-1-5(12)9(6(13)2-4)16-7-3-8(19-15)18-10(14)17-7/h1-3H,15H2,(H4,14,16,17,18,19). The van der Waals surface area contributed by atoms with Gasteiger partial charge in [0, 0.05) is 10.5 Å². The SMILES string of the molecule is NNc1cc(Nc2c(F)cc(Br)cc2F)nc(N)n1. The number of rotatable bonds is 3. The summed E-state index contributed by atoms with van der Waals surface area (Å²) < 4.78 is 27.6. The summed E-state index contributed by atoms with van der Waals surface area (Å²) in [6.07, 6.45) is 0. The Morgan fingerprint density at radius 2 is 1.63 bits per heavy atom. The van der Waals surface area contributed by atoms with Gasteiger partial charge in [0.1, 0.15) is 17.3 Å². The molecule has 0 unspecified atom stereocenters. The molecule has 6 nitrogen and oxygen atoms in total. The summed E-state index contributed by atoms with van der Waals surface area (Å²) in [7, 11) is 0. The van der Waals surface area contributed by atoms with Crippen molar-refractivity contribution >= 4 is 39.2 Å². The van der Waals surface area contributed by atoms with E-state index in [0.717, 1.165) is 12.1 Å². The number of nitrogens with two attached hydrogens (primary N) is 2. The minimum Gasteiger partial charge on any atom is -0.368 e. The van der Waals surface area contributed by atoms with Crippen LogP contribution in [0.5, 0.6) is 0 Å². The average Bonchev–Trinajstić information content (AvgIpc) is 2.33. The lowest BCUT2D eigenvalue weighted by atomic mass is 10.3. The van der Waals surface area contributed by atoms with E-state index in [-0.39, 0.29) is 23.3 Å². The van der Waals surface area contributed by atoms with Gasteiger partial charge in [-0.15, -0.1) is 0 Å². The zero-order valence-corrected chi connectivity index (χ0v) is 11.0. The monoisotopic (exact) mass is 330 g/mol. The third-order valence-electron chi connectivity index (χ3n) is 2.15. The zero-order valence-electron chi connectivity index (χ0n) is 9.42. The van der Waals surface area contributed by atoms with E-state index in [2.05, 4.69) is 36.6 Å². The average molecular weight is 331 g/mol. The molecule has 6 N–H and O–H groups in total. The second-order valence-corrected chi connectivity index (χ2v) is 4.43. The van der Waals surface area contributed by atoms with E-state index in [9.17, 15) is 8.78 Å². The van der Waals surface area contributed by atoms with Crippen LogP contribution in [0.4, 0.5) is 32.1 Å². The first-order chi connectivity index (χ1) is 8.99. The Balaban J connectivity index is 2.39. The molecule has 2 aromatic rings. The van der Waals surface area contributed by atoms with Gasteiger partial charge in [0.05, 0.1) is 0 Å². The number of hydrogen-bond acceptors (Lipinski definition) is 6. The minimum absolute atomic E-state index is 0.0871. The molecule has 0 radical (unpaired) electrons. The Kier molecular flexibility index (Phi) is 3.76. The van der Waals surface area contributed by atoms with E-state index in [1.165, 1.54) is 6.07 Å². The minimum atomic E-state index is -0.772. The van der Waals surface area contributed by atoms with Gasteiger partial charge in [-0.1, -0.05) is 15.9 Å². The van der Waals surface area contributed by atoms with Gasteiger partial charge < -0.3 is 16.5 Å². The molecule has 0 saturated carbocycles. The summed E-state index contributed by atoms with van der Waals surface area (Å²) in [5, 5.41) is 2.49. The highest BCUT2D eigenvalue weighted by molar-refractivity contribution is 9.10. The normalized spacial score (nSPS) is 10.3. The molecule has 2 rings (SSSR count). The van der Waals surface area contributed by atoms with Crippen molar-refractivity contribution in [2.24, 2.45) is 5.84 Å². The van der Waals surface area contributed by atoms with Crippen LogP contribution in [0.3, 0.4) is 0 Å². The number of anilines is 4. The highest BCUT2D eigenvalue weighted by Crippen LogP contribution is 2.26. The molecule has 0 saturated heterocycles. The fraction of sp³-hybridized carbons (Fsp3) is 0. The van der Waals surface area contributed by atoms with Gasteiger partial charge in [0.15, 0.2) is 11.6 Å². The lowest BCUT2D eigenvalue weighted by Crippen LogP contribution is -2.11.